The summed E-state index contributed by atoms with van der Waals surface area (Å²) >= 11 is 4.99. The molecule has 2 aromatic carbocycles. The van der Waals surface area contributed by atoms with Gasteiger partial charge in [-0.15, -0.1) is 0 Å². The van der Waals surface area contributed by atoms with Gasteiger partial charge in [-0.1, -0.05) is 67.1 Å². The number of rotatable bonds is 4. The first-order chi connectivity index (χ1) is 10.4. The lowest BCUT2D eigenvalue weighted by Crippen LogP contribution is -2.35. The molecule has 0 aliphatic carbocycles. The van der Waals surface area contributed by atoms with Gasteiger partial charge >= 0.3 is 0 Å². The van der Waals surface area contributed by atoms with E-state index in [1.807, 2.05) is 0 Å². The number of hydrogen-bond donors (Lipinski definition) is 1. The second-order valence-electron chi connectivity index (χ2n) is 5.81. The summed E-state index contributed by atoms with van der Waals surface area (Å²) in [7, 11) is 0. The Balaban J connectivity index is 1.92. The molecule has 21 heavy (non-hydrogen) atoms. The molecule has 1 aliphatic rings. The van der Waals surface area contributed by atoms with Gasteiger partial charge in [0.2, 0.25) is 0 Å². The highest BCUT2D eigenvalue weighted by atomic mass is 32.1. The predicted octanol–water partition coefficient (Wildman–Crippen LogP) is 4.88. The molecule has 1 nitrogen and oxygen atoms in total. The molecule has 1 aliphatic heterocycles. The van der Waals surface area contributed by atoms with Crippen LogP contribution in [0, 0.1) is 0 Å². The van der Waals surface area contributed by atoms with E-state index in [1.165, 1.54) is 43.5 Å². The van der Waals surface area contributed by atoms with Gasteiger partial charge in [-0.25, -0.2) is 0 Å². The first-order valence-electron chi connectivity index (χ1n) is 7.88. The minimum atomic E-state index is 0.215. The lowest BCUT2D eigenvalue weighted by atomic mass is 9.95. The second kappa shape index (κ2) is 7.15. The van der Waals surface area contributed by atoms with Gasteiger partial charge in [-0.3, -0.25) is 4.90 Å². The van der Waals surface area contributed by atoms with Crippen molar-refractivity contribution in [1.82, 2.24) is 4.90 Å². The summed E-state index contributed by atoms with van der Waals surface area (Å²) in [6, 6.07) is 21.9. The summed E-state index contributed by atoms with van der Waals surface area (Å²) in [5.41, 5.74) is 2.68. The Morgan fingerprint density at radius 2 is 1.24 bits per heavy atom. The fourth-order valence-electron chi connectivity index (χ4n) is 3.27. The van der Waals surface area contributed by atoms with E-state index in [2.05, 4.69) is 65.6 Å². The molecule has 0 radical (unpaired) electrons. The van der Waals surface area contributed by atoms with Crippen LogP contribution in [0.25, 0.3) is 0 Å². The van der Waals surface area contributed by atoms with Gasteiger partial charge < -0.3 is 0 Å². The number of hydrogen-bond acceptors (Lipinski definition) is 2. The maximum absolute atomic E-state index is 4.99. The highest BCUT2D eigenvalue weighted by Gasteiger charge is 2.28. The van der Waals surface area contributed by atoms with Gasteiger partial charge in [0.15, 0.2) is 0 Å². The molecule has 1 saturated heterocycles. The molecular formula is C19H23NS. The molecule has 0 amide bonds. The molecule has 3 rings (SSSR count). The van der Waals surface area contributed by atoms with Crippen LogP contribution in [0.5, 0.6) is 0 Å². The zero-order valence-electron chi connectivity index (χ0n) is 12.4. The van der Waals surface area contributed by atoms with Gasteiger partial charge in [-0.05, 0) is 37.1 Å². The third-order valence-corrected chi connectivity index (χ3v) is 4.95. The van der Waals surface area contributed by atoms with E-state index in [0.717, 1.165) is 0 Å². The van der Waals surface area contributed by atoms with E-state index in [-0.39, 0.29) is 5.25 Å². The van der Waals surface area contributed by atoms with Gasteiger partial charge in [0.05, 0.1) is 6.04 Å². The van der Waals surface area contributed by atoms with Crippen molar-refractivity contribution in [2.45, 2.75) is 30.6 Å². The standard InChI is InChI=1S/C19H23NS/c21-19(17-12-6-2-7-13-17)18(16-10-4-1-5-11-16)20-14-8-3-9-15-20/h1-2,4-7,10-13,18-19,21H,3,8-9,14-15H2/t18-,19+/m0/s1. The molecule has 1 heterocycles. The molecule has 0 aromatic heterocycles. The molecule has 2 heteroatoms. The quantitative estimate of drug-likeness (QED) is 0.787. The van der Waals surface area contributed by atoms with E-state index >= 15 is 0 Å². The van der Waals surface area contributed by atoms with Crippen molar-refractivity contribution in [3.05, 3.63) is 71.8 Å². The SMILES string of the molecule is S[C@H](c1ccccc1)[C@H](c1ccccc1)N1CCCCC1. The van der Waals surface area contributed by atoms with Crippen LogP contribution >= 0.6 is 12.6 Å². The van der Waals surface area contributed by atoms with E-state index < -0.39 is 0 Å². The van der Waals surface area contributed by atoms with Crippen molar-refractivity contribution < 1.29 is 0 Å². The number of benzene rings is 2. The minimum absolute atomic E-state index is 0.215. The van der Waals surface area contributed by atoms with Crippen LogP contribution in [0.3, 0.4) is 0 Å². The van der Waals surface area contributed by atoms with Gasteiger partial charge in [0.25, 0.3) is 0 Å². The van der Waals surface area contributed by atoms with Crippen LogP contribution in [0.1, 0.15) is 41.7 Å². The first kappa shape index (κ1) is 14.7. The maximum atomic E-state index is 4.99. The van der Waals surface area contributed by atoms with Gasteiger partial charge in [0, 0.05) is 5.25 Å². The Hall–Kier alpha value is -1.25. The molecule has 110 valence electrons. The average molecular weight is 297 g/mol. The molecule has 0 bridgehead atoms. The highest BCUT2D eigenvalue weighted by molar-refractivity contribution is 7.80. The van der Waals surface area contributed by atoms with Crippen molar-refractivity contribution in [1.29, 1.82) is 0 Å². The van der Waals surface area contributed by atoms with Crippen molar-refractivity contribution in [2.75, 3.05) is 13.1 Å². The maximum Gasteiger partial charge on any atom is 0.0505 e. The van der Waals surface area contributed by atoms with Crippen molar-refractivity contribution in [3.8, 4) is 0 Å². The van der Waals surface area contributed by atoms with E-state index in [0.29, 0.717) is 6.04 Å². The van der Waals surface area contributed by atoms with Crippen molar-refractivity contribution in [3.63, 3.8) is 0 Å². The Morgan fingerprint density at radius 3 is 1.81 bits per heavy atom. The Labute approximate surface area is 133 Å². The topological polar surface area (TPSA) is 3.24 Å². The molecule has 1 fully saturated rings. The molecule has 0 N–H and O–H groups in total. The summed E-state index contributed by atoms with van der Waals surface area (Å²) in [6.45, 7) is 2.37. The second-order valence-corrected chi connectivity index (χ2v) is 6.36. The smallest absolute Gasteiger partial charge is 0.0505 e. The summed E-state index contributed by atoms with van der Waals surface area (Å²) in [6.07, 6.45) is 3.97. The van der Waals surface area contributed by atoms with E-state index in [4.69, 9.17) is 12.6 Å². The normalized spacial score (nSPS) is 19.1. The lowest BCUT2D eigenvalue weighted by molar-refractivity contribution is 0.160. The largest absolute Gasteiger partial charge is 0.295 e. The van der Waals surface area contributed by atoms with Crippen molar-refractivity contribution in [2.24, 2.45) is 0 Å². The van der Waals surface area contributed by atoms with Gasteiger partial charge in [0.1, 0.15) is 0 Å². The summed E-state index contributed by atoms with van der Waals surface area (Å²) in [5.74, 6) is 0. The zero-order chi connectivity index (χ0) is 14.5. The minimum Gasteiger partial charge on any atom is -0.295 e. The van der Waals surface area contributed by atoms with Crippen LogP contribution in [0.2, 0.25) is 0 Å². The monoisotopic (exact) mass is 297 g/mol. The average Bonchev–Trinajstić information content (AvgIpc) is 2.58. The van der Waals surface area contributed by atoms with Crippen LogP contribution in [0.15, 0.2) is 60.7 Å². The number of thiol groups is 1. The van der Waals surface area contributed by atoms with Crippen molar-refractivity contribution >= 4 is 12.6 Å². The van der Waals surface area contributed by atoms with Crippen LogP contribution in [-0.4, -0.2) is 18.0 Å². The molecule has 0 spiro atoms. The Kier molecular flexibility index (Phi) is 5.00. The highest BCUT2D eigenvalue weighted by Crippen LogP contribution is 2.39. The molecular weight excluding hydrogens is 274 g/mol. The molecule has 2 aromatic rings. The Bertz CT molecular complexity index is 534. The van der Waals surface area contributed by atoms with Crippen LogP contribution in [-0.2, 0) is 0 Å². The van der Waals surface area contributed by atoms with Crippen LogP contribution in [0.4, 0.5) is 0 Å². The molecule has 2 atom stereocenters. The van der Waals surface area contributed by atoms with E-state index in [1.54, 1.807) is 0 Å². The summed E-state index contributed by atoms with van der Waals surface area (Å²) in [4.78, 5) is 2.61. The Morgan fingerprint density at radius 1 is 0.714 bits per heavy atom. The first-order valence-corrected chi connectivity index (χ1v) is 8.40. The number of piperidine rings is 1. The third-order valence-electron chi connectivity index (χ3n) is 4.37. The predicted molar refractivity (Wildman–Crippen MR) is 92.8 cm³/mol. The fourth-order valence-corrected chi connectivity index (χ4v) is 3.80. The summed E-state index contributed by atoms with van der Waals surface area (Å²) in [5, 5.41) is 0.215. The fraction of sp³-hybridized carbons (Fsp3) is 0.368. The molecule has 0 unspecified atom stereocenters. The van der Waals surface area contributed by atoms with Crippen LogP contribution < -0.4 is 0 Å². The molecule has 0 saturated carbocycles. The number of likely N-dealkylation sites (tertiary alicyclic amines) is 1. The third kappa shape index (κ3) is 3.50. The number of nitrogens with zero attached hydrogens (tertiary/aromatic N) is 1. The van der Waals surface area contributed by atoms with E-state index in [9.17, 15) is 0 Å². The zero-order valence-corrected chi connectivity index (χ0v) is 13.3. The lowest BCUT2D eigenvalue weighted by Gasteiger charge is -2.38. The van der Waals surface area contributed by atoms with Gasteiger partial charge in [-0.2, -0.15) is 12.6 Å². The summed E-state index contributed by atoms with van der Waals surface area (Å²) < 4.78 is 0.